The predicted octanol–water partition coefficient (Wildman–Crippen LogP) is 2.17. The molecule has 1 aromatic heterocycles. The smallest absolute Gasteiger partial charge is 0.254 e. The topological polar surface area (TPSA) is 74.5 Å². The molecular weight excluding hydrogens is 366 g/mol. The molecule has 8 heteroatoms. The quantitative estimate of drug-likeness (QED) is 0.860. The third-order valence-electron chi connectivity index (χ3n) is 5.29. The number of carbonyl (C=O) groups is 1. The molecule has 2 atom stereocenters. The molecule has 0 bridgehead atoms. The van der Waals surface area contributed by atoms with Crippen molar-refractivity contribution in [3.05, 3.63) is 47.6 Å². The predicted molar refractivity (Wildman–Crippen MR) is 104 cm³/mol. The number of hydrogen-bond donors (Lipinski definition) is 1. The Labute approximate surface area is 165 Å². The van der Waals surface area contributed by atoms with Crippen molar-refractivity contribution in [1.82, 2.24) is 25.3 Å². The van der Waals surface area contributed by atoms with Crippen molar-refractivity contribution in [2.45, 2.75) is 31.3 Å². The van der Waals surface area contributed by atoms with E-state index < -0.39 is 0 Å². The Morgan fingerprint density at radius 2 is 2.04 bits per heavy atom. The van der Waals surface area contributed by atoms with Crippen molar-refractivity contribution >= 4 is 18.3 Å². The van der Waals surface area contributed by atoms with Gasteiger partial charge in [-0.1, -0.05) is 35.5 Å². The number of likely N-dealkylation sites (tertiary alicyclic amines) is 1. The molecule has 0 saturated carbocycles. The van der Waals surface area contributed by atoms with Crippen molar-refractivity contribution in [2.75, 3.05) is 33.2 Å². The Morgan fingerprint density at radius 1 is 1.22 bits per heavy atom. The Bertz CT molecular complexity index is 754. The van der Waals surface area contributed by atoms with Gasteiger partial charge in [-0.15, -0.1) is 12.4 Å². The largest absolute Gasteiger partial charge is 0.337 e. The second-order valence-corrected chi connectivity index (χ2v) is 7.05. The summed E-state index contributed by atoms with van der Waals surface area (Å²) in [6, 6.07) is 9.75. The Morgan fingerprint density at radius 3 is 2.78 bits per heavy atom. The van der Waals surface area contributed by atoms with Gasteiger partial charge >= 0.3 is 0 Å². The zero-order valence-electron chi connectivity index (χ0n) is 15.5. The highest BCUT2D eigenvalue weighted by atomic mass is 35.5. The van der Waals surface area contributed by atoms with Crippen molar-refractivity contribution in [3.63, 3.8) is 0 Å². The van der Waals surface area contributed by atoms with E-state index in [4.69, 9.17) is 9.51 Å². The van der Waals surface area contributed by atoms with E-state index in [9.17, 15) is 4.79 Å². The van der Waals surface area contributed by atoms with E-state index in [1.54, 1.807) is 0 Å². The number of nitrogens with zero attached hydrogens (tertiary/aromatic N) is 4. The van der Waals surface area contributed by atoms with Crippen LogP contribution in [0.4, 0.5) is 0 Å². The molecule has 2 aliphatic heterocycles. The first kappa shape index (κ1) is 19.8. The Hall–Kier alpha value is -1.96. The summed E-state index contributed by atoms with van der Waals surface area (Å²) >= 11 is 0. The summed E-state index contributed by atoms with van der Waals surface area (Å²) in [5, 5.41) is 7.63. The lowest BCUT2D eigenvalue weighted by molar-refractivity contribution is -0.135. The first-order valence-electron chi connectivity index (χ1n) is 9.33. The van der Waals surface area contributed by atoms with Gasteiger partial charge in [0.25, 0.3) is 5.89 Å². The molecule has 2 fully saturated rings. The SMILES string of the molecule is CN1CCNCC1c1noc(C(c2ccccc2)N2CCCCC2=O)n1.Cl. The molecule has 2 aromatic rings. The van der Waals surface area contributed by atoms with Crippen LogP contribution in [0.3, 0.4) is 0 Å². The van der Waals surface area contributed by atoms with Gasteiger partial charge in [-0.25, -0.2) is 0 Å². The summed E-state index contributed by atoms with van der Waals surface area (Å²) in [4.78, 5) is 21.4. The van der Waals surface area contributed by atoms with E-state index in [1.165, 1.54) is 0 Å². The van der Waals surface area contributed by atoms with Crippen molar-refractivity contribution in [1.29, 1.82) is 0 Å². The van der Waals surface area contributed by atoms with Gasteiger partial charge in [0, 0.05) is 32.6 Å². The maximum absolute atomic E-state index is 12.6. The molecule has 1 N–H and O–H groups in total. The molecule has 27 heavy (non-hydrogen) atoms. The third-order valence-corrected chi connectivity index (χ3v) is 5.29. The molecule has 146 valence electrons. The van der Waals surface area contributed by atoms with Crippen molar-refractivity contribution in [2.24, 2.45) is 0 Å². The fourth-order valence-electron chi connectivity index (χ4n) is 3.78. The van der Waals surface area contributed by atoms with E-state index in [1.807, 2.05) is 35.2 Å². The number of benzene rings is 1. The number of amides is 1. The molecule has 2 saturated heterocycles. The van der Waals surface area contributed by atoms with Gasteiger partial charge < -0.3 is 14.7 Å². The minimum absolute atomic E-state index is 0. The van der Waals surface area contributed by atoms with Gasteiger partial charge in [0.2, 0.25) is 5.91 Å². The maximum atomic E-state index is 12.6. The van der Waals surface area contributed by atoms with E-state index in [0.29, 0.717) is 18.1 Å². The third kappa shape index (κ3) is 4.15. The molecule has 0 radical (unpaired) electrons. The van der Waals surface area contributed by atoms with Crippen molar-refractivity contribution in [3.8, 4) is 0 Å². The van der Waals surface area contributed by atoms with Crippen LogP contribution in [0.2, 0.25) is 0 Å². The number of piperidine rings is 1. The lowest BCUT2D eigenvalue weighted by Gasteiger charge is -2.33. The van der Waals surface area contributed by atoms with Gasteiger partial charge in [-0.3, -0.25) is 9.69 Å². The van der Waals surface area contributed by atoms with Crippen LogP contribution in [-0.4, -0.2) is 59.1 Å². The lowest BCUT2D eigenvalue weighted by atomic mass is 10.0. The van der Waals surface area contributed by atoms with Crippen molar-refractivity contribution < 1.29 is 9.32 Å². The Balaban J connectivity index is 0.00000210. The average molecular weight is 392 g/mol. The van der Waals surface area contributed by atoms with E-state index in [0.717, 1.165) is 44.6 Å². The zero-order chi connectivity index (χ0) is 17.9. The fourth-order valence-corrected chi connectivity index (χ4v) is 3.78. The van der Waals surface area contributed by atoms with Crippen LogP contribution < -0.4 is 5.32 Å². The van der Waals surface area contributed by atoms with Gasteiger partial charge in [0.05, 0.1) is 6.04 Å². The molecule has 1 aromatic carbocycles. The number of piperazine rings is 1. The van der Waals surface area contributed by atoms with E-state index in [-0.39, 0.29) is 30.4 Å². The van der Waals surface area contributed by atoms with Gasteiger partial charge in [-0.05, 0) is 25.5 Å². The van der Waals surface area contributed by atoms with Crippen LogP contribution in [0, 0.1) is 0 Å². The molecule has 7 nitrogen and oxygen atoms in total. The molecule has 4 rings (SSSR count). The summed E-state index contributed by atoms with van der Waals surface area (Å²) < 4.78 is 5.67. The van der Waals surface area contributed by atoms with Gasteiger partial charge in [0.15, 0.2) is 5.82 Å². The first-order valence-corrected chi connectivity index (χ1v) is 9.33. The van der Waals surface area contributed by atoms with Crippen LogP contribution in [0.15, 0.2) is 34.9 Å². The monoisotopic (exact) mass is 391 g/mol. The molecular formula is C19H26ClN5O2. The number of nitrogens with one attached hydrogen (secondary N) is 1. The van der Waals surface area contributed by atoms with Crippen LogP contribution in [0.1, 0.15) is 48.6 Å². The van der Waals surface area contributed by atoms with Gasteiger partial charge in [-0.2, -0.15) is 4.98 Å². The molecule has 0 aliphatic carbocycles. The van der Waals surface area contributed by atoms with Crippen LogP contribution in [-0.2, 0) is 4.79 Å². The summed E-state index contributed by atoms with van der Waals surface area (Å²) in [7, 11) is 2.07. The van der Waals surface area contributed by atoms with Crippen LogP contribution in [0.25, 0.3) is 0 Å². The van der Waals surface area contributed by atoms with Crippen LogP contribution in [0.5, 0.6) is 0 Å². The van der Waals surface area contributed by atoms with E-state index in [2.05, 4.69) is 22.4 Å². The summed E-state index contributed by atoms with van der Waals surface area (Å²) in [6.07, 6.45) is 2.54. The minimum atomic E-state index is -0.313. The zero-order valence-corrected chi connectivity index (χ0v) is 16.3. The number of carbonyl (C=O) groups excluding carboxylic acids is 1. The molecule has 2 aliphatic rings. The van der Waals surface area contributed by atoms with Gasteiger partial charge in [0.1, 0.15) is 6.04 Å². The Kier molecular flexibility index (Phi) is 6.46. The highest BCUT2D eigenvalue weighted by molar-refractivity contribution is 5.85. The first-order chi connectivity index (χ1) is 12.7. The molecule has 3 heterocycles. The molecule has 2 unspecified atom stereocenters. The maximum Gasteiger partial charge on any atom is 0.254 e. The summed E-state index contributed by atoms with van der Waals surface area (Å²) in [6.45, 7) is 3.43. The lowest BCUT2D eigenvalue weighted by Crippen LogP contribution is -2.44. The van der Waals surface area contributed by atoms with Crippen LogP contribution >= 0.6 is 12.4 Å². The average Bonchev–Trinajstić information content (AvgIpc) is 3.14. The number of halogens is 1. The fraction of sp³-hybridized carbons (Fsp3) is 0.526. The second-order valence-electron chi connectivity index (χ2n) is 7.05. The molecule has 0 spiro atoms. The number of likely N-dealkylation sites (N-methyl/N-ethyl adjacent to an activating group) is 1. The number of rotatable bonds is 4. The number of hydrogen-bond acceptors (Lipinski definition) is 6. The second kappa shape index (κ2) is 8.82. The van der Waals surface area contributed by atoms with E-state index >= 15 is 0 Å². The normalized spacial score (nSPS) is 22.3. The standard InChI is InChI=1S/C19H25N5O2.ClH/c1-23-12-10-20-13-15(23)18-21-19(26-22-18)17(14-7-3-2-4-8-14)24-11-6-5-9-16(24)25;/h2-4,7-8,15,17,20H,5-6,9-13H2,1H3;1H. The summed E-state index contributed by atoms with van der Waals surface area (Å²) in [5.41, 5.74) is 1.01. The highest BCUT2D eigenvalue weighted by Crippen LogP contribution is 2.31. The summed E-state index contributed by atoms with van der Waals surface area (Å²) in [5.74, 6) is 1.34. The molecule has 1 amide bonds. The highest BCUT2D eigenvalue weighted by Gasteiger charge is 2.34. The minimum Gasteiger partial charge on any atom is -0.337 e. The number of aromatic nitrogens is 2.